The van der Waals surface area contributed by atoms with Crippen LogP contribution in [0.1, 0.15) is 19.8 Å². The SMILES string of the molecule is CC(C(=O)O)N(C)CC1CCC(=O)N1. The van der Waals surface area contributed by atoms with E-state index in [1.165, 1.54) is 0 Å². The summed E-state index contributed by atoms with van der Waals surface area (Å²) in [6.45, 7) is 2.23. The maximum absolute atomic E-state index is 10.9. The van der Waals surface area contributed by atoms with Gasteiger partial charge in [0.2, 0.25) is 5.91 Å². The lowest BCUT2D eigenvalue weighted by atomic mass is 10.2. The van der Waals surface area contributed by atoms with Crippen LogP contribution in [0, 0.1) is 0 Å². The van der Waals surface area contributed by atoms with Gasteiger partial charge in [0, 0.05) is 19.0 Å². The van der Waals surface area contributed by atoms with E-state index in [1.807, 2.05) is 0 Å². The number of carbonyl (C=O) groups excluding carboxylic acids is 1. The van der Waals surface area contributed by atoms with E-state index in [4.69, 9.17) is 5.11 Å². The Bertz CT molecular complexity index is 242. The first-order valence-electron chi connectivity index (χ1n) is 4.73. The van der Waals surface area contributed by atoms with Crippen molar-refractivity contribution < 1.29 is 14.7 Å². The number of carboxylic acid groups (broad SMARTS) is 1. The molecule has 2 atom stereocenters. The van der Waals surface area contributed by atoms with E-state index < -0.39 is 12.0 Å². The van der Waals surface area contributed by atoms with Gasteiger partial charge >= 0.3 is 5.97 Å². The molecule has 1 fully saturated rings. The van der Waals surface area contributed by atoms with Crippen LogP contribution in [0.5, 0.6) is 0 Å². The standard InChI is InChI=1S/C9H16N2O3/c1-6(9(13)14)11(2)5-7-3-4-8(12)10-7/h6-7H,3-5H2,1-2H3,(H,10,12)(H,13,14). The van der Waals surface area contributed by atoms with Crippen molar-refractivity contribution in [3.05, 3.63) is 0 Å². The molecule has 1 amide bonds. The summed E-state index contributed by atoms with van der Waals surface area (Å²) in [7, 11) is 1.75. The third-order valence-corrected chi connectivity index (χ3v) is 2.61. The van der Waals surface area contributed by atoms with E-state index in [0.717, 1.165) is 6.42 Å². The number of aliphatic carboxylic acids is 1. The van der Waals surface area contributed by atoms with Gasteiger partial charge in [0.25, 0.3) is 0 Å². The normalized spacial score (nSPS) is 23.6. The maximum Gasteiger partial charge on any atom is 0.320 e. The fourth-order valence-corrected chi connectivity index (χ4v) is 1.51. The Kier molecular flexibility index (Phi) is 3.46. The molecular formula is C9H16N2O3. The molecule has 0 aliphatic carbocycles. The Labute approximate surface area is 83.1 Å². The van der Waals surface area contributed by atoms with E-state index in [2.05, 4.69) is 5.32 Å². The average molecular weight is 200 g/mol. The summed E-state index contributed by atoms with van der Waals surface area (Å²) in [4.78, 5) is 23.3. The minimum Gasteiger partial charge on any atom is -0.480 e. The van der Waals surface area contributed by atoms with Crippen molar-refractivity contribution >= 4 is 11.9 Å². The number of amides is 1. The highest BCUT2D eigenvalue weighted by atomic mass is 16.4. The summed E-state index contributed by atoms with van der Waals surface area (Å²) in [5, 5.41) is 11.6. The number of nitrogens with zero attached hydrogens (tertiary/aromatic N) is 1. The molecule has 14 heavy (non-hydrogen) atoms. The lowest BCUT2D eigenvalue weighted by Crippen LogP contribution is -2.43. The number of carbonyl (C=O) groups is 2. The number of likely N-dealkylation sites (N-methyl/N-ethyl adjacent to an activating group) is 1. The van der Waals surface area contributed by atoms with Gasteiger partial charge in [-0.05, 0) is 20.4 Å². The monoisotopic (exact) mass is 200 g/mol. The van der Waals surface area contributed by atoms with Crippen molar-refractivity contribution in [3.8, 4) is 0 Å². The molecule has 1 aliphatic heterocycles. The predicted molar refractivity (Wildman–Crippen MR) is 50.9 cm³/mol. The zero-order valence-electron chi connectivity index (χ0n) is 8.49. The minimum absolute atomic E-state index is 0.0615. The molecule has 5 heteroatoms. The third-order valence-electron chi connectivity index (χ3n) is 2.61. The number of carboxylic acids is 1. The van der Waals surface area contributed by atoms with Gasteiger partial charge in [0.15, 0.2) is 0 Å². The van der Waals surface area contributed by atoms with Gasteiger partial charge < -0.3 is 10.4 Å². The topological polar surface area (TPSA) is 69.6 Å². The second kappa shape index (κ2) is 4.41. The first kappa shape index (κ1) is 11.0. The Morgan fingerprint density at radius 3 is 2.86 bits per heavy atom. The number of hydrogen-bond donors (Lipinski definition) is 2. The summed E-state index contributed by atoms with van der Waals surface area (Å²) < 4.78 is 0. The summed E-state index contributed by atoms with van der Waals surface area (Å²) in [5.41, 5.74) is 0. The van der Waals surface area contributed by atoms with E-state index in [9.17, 15) is 9.59 Å². The first-order chi connectivity index (χ1) is 6.50. The third kappa shape index (κ3) is 2.70. The smallest absolute Gasteiger partial charge is 0.320 e. The van der Waals surface area contributed by atoms with Crippen LogP contribution in [0.25, 0.3) is 0 Å². The van der Waals surface area contributed by atoms with E-state index >= 15 is 0 Å². The molecule has 0 saturated carbocycles. The van der Waals surface area contributed by atoms with E-state index in [0.29, 0.717) is 13.0 Å². The zero-order valence-corrected chi connectivity index (χ0v) is 8.49. The molecular weight excluding hydrogens is 184 g/mol. The first-order valence-corrected chi connectivity index (χ1v) is 4.73. The summed E-state index contributed by atoms with van der Waals surface area (Å²) >= 11 is 0. The van der Waals surface area contributed by atoms with Crippen molar-refractivity contribution in [3.63, 3.8) is 0 Å². The van der Waals surface area contributed by atoms with E-state index in [-0.39, 0.29) is 11.9 Å². The number of rotatable bonds is 4. The fourth-order valence-electron chi connectivity index (χ4n) is 1.51. The van der Waals surface area contributed by atoms with Crippen LogP contribution in [0.3, 0.4) is 0 Å². The molecule has 1 heterocycles. The summed E-state index contributed by atoms with van der Waals surface area (Å²) in [6.07, 6.45) is 1.36. The second-order valence-electron chi connectivity index (χ2n) is 3.76. The van der Waals surface area contributed by atoms with Gasteiger partial charge in [-0.2, -0.15) is 0 Å². The van der Waals surface area contributed by atoms with Crippen molar-refractivity contribution in [1.29, 1.82) is 0 Å². The highest BCUT2D eigenvalue weighted by molar-refractivity contribution is 5.78. The van der Waals surface area contributed by atoms with Crippen LogP contribution in [-0.2, 0) is 9.59 Å². The van der Waals surface area contributed by atoms with Gasteiger partial charge in [-0.3, -0.25) is 14.5 Å². The molecule has 0 bridgehead atoms. The van der Waals surface area contributed by atoms with Gasteiger partial charge in [-0.1, -0.05) is 0 Å². The molecule has 0 spiro atoms. The summed E-state index contributed by atoms with van der Waals surface area (Å²) in [5.74, 6) is -0.775. The lowest BCUT2D eigenvalue weighted by molar-refractivity contribution is -0.142. The Hall–Kier alpha value is -1.10. The number of hydrogen-bond acceptors (Lipinski definition) is 3. The van der Waals surface area contributed by atoms with E-state index in [1.54, 1.807) is 18.9 Å². The Balaban J connectivity index is 2.36. The van der Waals surface area contributed by atoms with Gasteiger partial charge in [0.05, 0.1) is 0 Å². The van der Waals surface area contributed by atoms with Crippen molar-refractivity contribution in [1.82, 2.24) is 10.2 Å². The molecule has 1 saturated heterocycles. The van der Waals surface area contributed by atoms with Crippen molar-refractivity contribution in [2.24, 2.45) is 0 Å². The van der Waals surface area contributed by atoms with Gasteiger partial charge in [-0.25, -0.2) is 0 Å². The molecule has 5 nitrogen and oxygen atoms in total. The largest absolute Gasteiger partial charge is 0.480 e. The quantitative estimate of drug-likeness (QED) is 0.652. The molecule has 1 aliphatic rings. The lowest BCUT2D eigenvalue weighted by Gasteiger charge is -2.24. The Morgan fingerprint density at radius 2 is 2.43 bits per heavy atom. The highest BCUT2D eigenvalue weighted by Gasteiger charge is 2.25. The van der Waals surface area contributed by atoms with Crippen molar-refractivity contribution in [2.75, 3.05) is 13.6 Å². The minimum atomic E-state index is -0.836. The Morgan fingerprint density at radius 1 is 1.79 bits per heavy atom. The highest BCUT2D eigenvalue weighted by Crippen LogP contribution is 2.08. The van der Waals surface area contributed by atoms with Crippen LogP contribution < -0.4 is 5.32 Å². The molecule has 1 rings (SSSR count). The molecule has 0 radical (unpaired) electrons. The maximum atomic E-state index is 10.9. The molecule has 2 unspecified atom stereocenters. The van der Waals surface area contributed by atoms with Crippen LogP contribution >= 0.6 is 0 Å². The molecule has 2 N–H and O–H groups in total. The van der Waals surface area contributed by atoms with Crippen LogP contribution in [-0.4, -0.2) is 47.6 Å². The predicted octanol–water partition coefficient (Wildman–Crippen LogP) is -0.330. The van der Waals surface area contributed by atoms with Crippen LogP contribution in [0.2, 0.25) is 0 Å². The molecule has 0 aromatic heterocycles. The fraction of sp³-hybridized carbons (Fsp3) is 0.778. The van der Waals surface area contributed by atoms with Crippen molar-refractivity contribution in [2.45, 2.75) is 31.8 Å². The van der Waals surface area contributed by atoms with Crippen LogP contribution in [0.15, 0.2) is 0 Å². The zero-order chi connectivity index (χ0) is 10.7. The van der Waals surface area contributed by atoms with Gasteiger partial charge in [0.1, 0.15) is 6.04 Å². The molecule has 0 aromatic carbocycles. The average Bonchev–Trinajstić information content (AvgIpc) is 2.49. The second-order valence-corrected chi connectivity index (χ2v) is 3.76. The van der Waals surface area contributed by atoms with Crippen LogP contribution in [0.4, 0.5) is 0 Å². The molecule has 0 aromatic rings. The molecule has 80 valence electrons. The van der Waals surface area contributed by atoms with Gasteiger partial charge in [-0.15, -0.1) is 0 Å². The number of nitrogens with one attached hydrogen (secondary N) is 1. The summed E-state index contributed by atoms with van der Waals surface area (Å²) in [6, 6.07) is -0.401.